The summed E-state index contributed by atoms with van der Waals surface area (Å²) in [5, 5.41) is 8.71. The predicted octanol–water partition coefficient (Wildman–Crippen LogP) is 3.68. The molecule has 1 heterocycles. The van der Waals surface area contributed by atoms with Gasteiger partial charge in [0.1, 0.15) is 14.3 Å². The second-order valence-electron chi connectivity index (χ2n) is 2.66. The first kappa shape index (κ1) is 11.6. The van der Waals surface area contributed by atoms with E-state index in [0.29, 0.717) is 14.3 Å². The molecule has 1 unspecified atom stereocenters. The van der Waals surface area contributed by atoms with Crippen molar-refractivity contribution in [1.29, 1.82) is 0 Å². The fourth-order valence-electron chi connectivity index (χ4n) is 0.949. The summed E-state index contributed by atoms with van der Waals surface area (Å²) in [5.41, 5.74) is 0.236. The topological polar surface area (TPSA) is 83.3 Å². The summed E-state index contributed by atoms with van der Waals surface area (Å²) in [7, 11) is 0.357. The Morgan fingerprint density at radius 3 is 2.75 bits per heavy atom. The first-order valence-electron chi connectivity index (χ1n) is 4.13. The molecule has 0 spiro atoms. The van der Waals surface area contributed by atoms with Gasteiger partial charge in [0.25, 0.3) is 0 Å². The van der Waals surface area contributed by atoms with Crippen molar-refractivity contribution in [1.82, 2.24) is 4.86 Å². The minimum absolute atomic E-state index is 0.236. The molecule has 0 saturated carbocycles. The van der Waals surface area contributed by atoms with Gasteiger partial charge in [0.15, 0.2) is 8.52 Å². The van der Waals surface area contributed by atoms with Crippen molar-refractivity contribution in [2.75, 3.05) is 0 Å². The summed E-state index contributed by atoms with van der Waals surface area (Å²) in [4.78, 5) is 13.6. The van der Waals surface area contributed by atoms with E-state index < -0.39 is 14.4 Å². The van der Waals surface area contributed by atoms with Gasteiger partial charge in [-0.15, -0.1) is 0 Å². The summed E-state index contributed by atoms with van der Waals surface area (Å²) < 4.78 is 13.5. The molecule has 1 atom stereocenters. The highest BCUT2D eigenvalue weighted by molar-refractivity contribution is 7.64. The lowest BCUT2D eigenvalue weighted by atomic mass is 10.2. The molecule has 1 aliphatic rings. The van der Waals surface area contributed by atoms with Gasteiger partial charge in [-0.05, 0) is 24.3 Å². The first-order chi connectivity index (χ1) is 7.75. The molecule has 0 amide bonds. The molecule has 1 aromatic carbocycles. The lowest BCUT2D eigenvalue weighted by molar-refractivity contribution is 0.0697. The van der Waals surface area contributed by atoms with Gasteiger partial charge < -0.3 is 9.63 Å². The van der Waals surface area contributed by atoms with Crippen LogP contribution in [0.25, 0.3) is 0 Å². The quantitative estimate of drug-likeness (QED) is 0.822. The molecular weight excluding hydrogens is 267 g/mol. The molecule has 0 saturated heterocycles. The molecule has 2 N–H and O–H groups in total. The molecule has 0 radical (unpaired) electrons. The van der Waals surface area contributed by atoms with E-state index in [0.717, 1.165) is 8.52 Å². The van der Waals surface area contributed by atoms with Crippen LogP contribution < -0.4 is 9.38 Å². The minimum Gasteiger partial charge on any atom is -0.478 e. The van der Waals surface area contributed by atoms with Crippen molar-refractivity contribution < 1.29 is 14.4 Å². The second-order valence-corrected chi connectivity index (χ2v) is 6.00. The van der Waals surface area contributed by atoms with Crippen LogP contribution in [0.3, 0.4) is 0 Å². The maximum Gasteiger partial charge on any atom is 0.335 e. The van der Waals surface area contributed by atoms with Gasteiger partial charge in [0.2, 0.25) is 0 Å². The Hall–Kier alpha value is -0.920. The number of nitrogens with zero attached hydrogens (tertiary/aromatic N) is 2. The number of nitrogens with one attached hydrogen (secondary N) is 1. The Balaban J connectivity index is 2.02. The number of carboxylic acids is 1. The van der Waals surface area contributed by atoms with Crippen LogP contribution in [0, 0.1) is 0 Å². The van der Waals surface area contributed by atoms with Crippen molar-refractivity contribution in [3.63, 3.8) is 0 Å². The smallest absolute Gasteiger partial charge is 0.335 e. The first-order valence-corrected chi connectivity index (χ1v) is 6.99. The summed E-state index contributed by atoms with van der Waals surface area (Å²) in [6.45, 7) is 0. The van der Waals surface area contributed by atoms with Crippen LogP contribution in [0.5, 0.6) is 5.75 Å². The van der Waals surface area contributed by atoms with E-state index in [1.54, 1.807) is 12.1 Å². The predicted molar refractivity (Wildman–Crippen MR) is 62.8 cm³/mol. The zero-order valence-electron chi connectivity index (χ0n) is 7.81. The van der Waals surface area contributed by atoms with E-state index in [1.807, 2.05) is 0 Å². The fourth-order valence-corrected chi connectivity index (χ4v) is 3.84. The second kappa shape index (κ2) is 5.42. The number of carboxylic acid groups (broad SMARTS) is 1. The summed E-state index contributed by atoms with van der Waals surface area (Å²) in [6.07, 6.45) is 0. The standard InChI is InChI=1S/C7H6N3O3P3/c11-7(12)5-1-3-6(4-2-5)13-16-9-14-8-15-10-16/h1-4H,(H,11,12)(H,8,9,10). The Morgan fingerprint density at radius 2 is 2.19 bits per heavy atom. The number of rotatable bonds is 3. The van der Waals surface area contributed by atoms with E-state index in [9.17, 15) is 4.79 Å². The van der Waals surface area contributed by atoms with Crippen LogP contribution in [0.15, 0.2) is 33.3 Å². The number of hydrogen-bond donors (Lipinski definition) is 2. The summed E-state index contributed by atoms with van der Waals surface area (Å²) >= 11 is 0. The van der Waals surface area contributed by atoms with Crippen LogP contribution in [0.1, 0.15) is 10.4 Å². The number of hydrogen-bond acceptors (Lipinski definition) is 5. The van der Waals surface area contributed by atoms with Crippen LogP contribution in [-0.4, -0.2) is 11.1 Å². The molecular formula is C7H6N3O3P3. The molecule has 16 heavy (non-hydrogen) atoms. The average Bonchev–Trinajstić information content (AvgIpc) is 2.31. The highest BCUT2D eigenvalue weighted by Crippen LogP contribution is 2.44. The molecule has 1 aromatic rings. The maximum absolute atomic E-state index is 10.6. The molecule has 9 heteroatoms. The Morgan fingerprint density at radius 1 is 1.44 bits per heavy atom. The Labute approximate surface area is 95.9 Å². The lowest BCUT2D eigenvalue weighted by Crippen LogP contribution is -1.98. The van der Waals surface area contributed by atoms with Crippen molar-refractivity contribution >= 4 is 31.5 Å². The van der Waals surface area contributed by atoms with Gasteiger partial charge in [-0.3, -0.25) is 0 Å². The van der Waals surface area contributed by atoms with Crippen molar-refractivity contribution in [3.8, 4) is 5.75 Å². The maximum atomic E-state index is 10.6. The lowest BCUT2D eigenvalue weighted by Gasteiger charge is -2.12. The Bertz CT molecular complexity index is 448. The van der Waals surface area contributed by atoms with Gasteiger partial charge in [0, 0.05) is 0 Å². The third kappa shape index (κ3) is 3.03. The van der Waals surface area contributed by atoms with Crippen molar-refractivity contribution in [2.24, 2.45) is 9.03 Å². The number of benzene rings is 1. The molecule has 6 nitrogen and oxygen atoms in total. The third-order valence-electron chi connectivity index (χ3n) is 1.63. The summed E-state index contributed by atoms with van der Waals surface area (Å²) in [6, 6.07) is 6.22. The van der Waals surface area contributed by atoms with Gasteiger partial charge in [0.05, 0.1) is 5.56 Å². The van der Waals surface area contributed by atoms with Crippen molar-refractivity contribution in [3.05, 3.63) is 29.8 Å². The van der Waals surface area contributed by atoms with E-state index in [-0.39, 0.29) is 5.56 Å². The zero-order valence-corrected chi connectivity index (χ0v) is 10.5. The molecule has 2 rings (SSSR count). The molecule has 82 valence electrons. The molecule has 0 fully saturated rings. The van der Waals surface area contributed by atoms with E-state index >= 15 is 0 Å². The van der Waals surface area contributed by atoms with Crippen LogP contribution in [0.4, 0.5) is 0 Å². The number of carbonyl (C=O) groups is 1. The van der Waals surface area contributed by atoms with Crippen LogP contribution >= 0.6 is 25.5 Å². The van der Waals surface area contributed by atoms with Crippen molar-refractivity contribution in [2.45, 2.75) is 0 Å². The van der Waals surface area contributed by atoms with E-state index in [4.69, 9.17) is 9.63 Å². The third-order valence-corrected chi connectivity index (χ3v) is 4.70. The number of aromatic carboxylic acids is 1. The van der Waals surface area contributed by atoms with Crippen LogP contribution in [0.2, 0.25) is 0 Å². The fraction of sp³-hybridized carbons (Fsp3) is 0. The highest BCUT2D eigenvalue weighted by Gasteiger charge is 2.11. The van der Waals surface area contributed by atoms with Gasteiger partial charge in [-0.1, -0.05) is 0 Å². The zero-order chi connectivity index (χ0) is 11.4. The Kier molecular flexibility index (Phi) is 3.92. The van der Waals surface area contributed by atoms with Gasteiger partial charge in [-0.2, -0.15) is 13.9 Å². The summed E-state index contributed by atoms with van der Waals surface area (Å²) in [5.74, 6) is -0.353. The van der Waals surface area contributed by atoms with E-state index in [2.05, 4.69) is 13.9 Å². The van der Waals surface area contributed by atoms with Crippen LogP contribution in [-0.2, 0) is 0 Å². The SMILES string of the molecule is O=C(O)c1ccc(OP2N=PN=PN2)cc1. The molecule has 1 aliphatic heterocycles. The highest BCUT2D eigenvalue weighted by atomic mass is 31.2. The average molecular weight is 273 g/mol. The largest absolute Gasteiger partial charge is 0.478 e. The monoisotopic (exact) mass is 273 g/mol. The molecule has 0 aliphatic carbocycles. The minimum atomic E-state index is -1.06. The molecule has 0 bridgehead atoms. The molecule has 0 aromatic heterocycles. The normalized spacial score (nSPS) is 20.4. The van der Waals surface area contributed by atoms with Gasteiger partial charge in [-0.25, -0.2) is 4.79 Å². The van der Waals surface area contributed by atoms with E-state index in [1.165, 1.54) is 12.1 Å². The van der Waals surface area contributed by atoms with Gasteiger partial charge >= 0.3 is 14.4 Å².